The molecule has 7 atom stereocenters. The number of hydrogen-bond acceptors (Lipinski definition) is 0. The van der Waals surface area contributed by atoms with Crippen molar-refractivity contribution in [3.8, 4) is 0 Å². The summed E-state index contributed by atoms with van der Waals surface area (Å²) in [6, 6.07) is 0. The van der Waals surface area contributed by atoms with Crippen LogP contribution >= 0.6 is 0 Å². The minimum atomic E-state index is 0.652. The van der Waals surface area contributed by atoms with E-state index in [-0.39, 0.29) is 0 Å². The first-order valence-corrected chi connectivity index (χ1v) is 12.6. The monoisotopic (exact) mass is 392 g/mol. The van der Waals surface area contributed by atoms with Gasteiger partial charge in [-0.1, -0.05) is 100 Å². The van der Waals surface area contributed by atoms with Gasteiger partial charge < -0.3 is 0 Å². The first-order chi connectivity index (χ1) is 13.9. The lowest BCUT2D eigenvalue weighted by molar-refractivity contribution is 0.164. The Morgan fingerprint density at radius 1 is 1.10 bits per heavy atom. The maximum atomic E-state index is 4.80. The van der Waals surface area contributed by atoms with E-state index in [0.29, 0.717) is 23.7 Å². The molecule has 0 aromatic carbocycles. The standard InChI is InChI=1S/C29H44/c1-7-10-19(3)27-21(5)15-26-17-25(16-24-14-18(2)13-20(24)4)22(6)28(26)29(27)23-11-8-9-12-23/h14-15,20-21,23-25,27-29H,3,6-13,16-17H2,1-2,4-5H3. The molecule has 2 saturated carbocycles. The Labute approximate surface area is 180 Å². The molecule has 0 aromatic rings. The molecule has 2 fully saturated rings. The zero-order chi connectivity index (χ0) is 20.7. The summed E-state index contributed by atoms with van der Waals surface area (Å²) < 4.78 is 0. The van der Waals surface area contributed by atoms with Crippen molar-refractivity contribution in [1.29, 1.82) is 0 Å². The SMILES string of the molecule is C=C1C(CC2C=C(C)CC2C)CC2=CC(C)C(C(=C)CCC)C(C3CCCC3)C12. The summed E-state index contributed by atoms with van der Waals surface area (Å²) in [5.41, 5.74) is 6.50. The highest BCUT2D eigenvalue weighted by molar-refractivity contribution is 5.36. The van der Waals surface area contributed by atoms with Crippen molar-refractivity contribution in [3.05, 3.63) is 47.6 Å². The molecule has 0 aliphatic heterocycles. The van der Waals surface area contributed by atoms with Crippen LogP contribution < -0.4 is 0 Å². The van der Waals surface area contributed by atoms with Gasteiger partial charge in [0.1, 0.15) is 0 Å². The van der Waals surface area contributed by atoms with Crippen LogP contribution in [0.3, 0.4) is 0 Å². The topological polar surface area (TPSA) is 0 Å². The van der Waals surface area contributed by atoms with E-state index < -0.39 is 0 Å². The van der Waals surface area contributed by atoms with Gasteiger partial charge in [-0.3, -0.25) is 0 Å². The molecule has 0 radical (unpaired) electrons. The average molecular weight is 393 g/mol. The number of rotatable bonds is 6. The van der Waals surface area contributed by atoms with Gasteiger partial charge in [-0.15, -0.1) is 0 Å². The molecule has 0 saturated heterocycles. The summed E-state index contributed by atoms with van der Waals surface area (Å²) in [6.07, 6.45) is 17.4. The fourth-order valence-electron chi connectivity index (χ4n) is 7.86. The van der Waals surface area contributed by atoms with Crippen molar-refractivity contribution in [2.45, 2.75) is 85.5 Å². The molecule has 0 N–H and O–H groups in total. The molecule has 0 heteroatoms. The van der Waals surface area contributed by atoms with Gasteiger partial charge in [0, 0.05) is 5.92 Å². The van der Waals surface area contributed by atoms with Crippen molar-refractivity contribution in [3.63, 3.8) is 0 Å². The first-order valence-electron chi connectivity index (χ1n) is 12.6. The van der Waals surface area contributed by atoms with Crippen LogP contribution in [0.2, 0.25) is 0 Å². The Morgan fingerprint density at radius 3 is 2.45 bits per heavy atom. The van der Waals surface area contributed by atoms with E-state index in [0.717, 1.165) is 23.7 Å². The smallest absolute Gasteiger partial charge is 0.00443 e. The van der Waals surface area contributed by atoms with Crippen molar-refractivity contribution in [2.75, 3.05) is 0 Å². The third-order valence-electron chi connectivity index (χ3n) is 9.07. The summed E-state index contributed by atoms with van der Waals surface area (Å²) in [6.45, 7) is 19.0. The zero-order valence-corrected chi connectivity index (χ0v) is 19.6. The van der Waals surface area contributed by atoms with Crippen LogP contribution in [-0.2, 0) is 0 Å². The quantitative estimate of drug-likeness (QED) is 0.397. The molecule has 0 amide bonds. The van der Waals surface area contributed by atoms with Gasteiger partial charge in [0.05, 0.1) is 0 Å². The third-order valence-corrected chi connectivity index (χ3v) is 9.07. The van der Waals surface area contributed by atoms with Crippen molar-refractivity contribution in [2.24, 2.45) is 47.3 Å². The summed E-state index contributed by atoms with van der Waals surface area (Å²) >= 11 is 0. The summed E-state index contributed by atoms with van der Waals surface area (Å²) in [7, 11) is 0. The zero-order valence-electron chi connectivity index (χ0n) is 19.6. The number of allylic oxidation sites excluding steroid dienone is 6. The molecular formula is C29H44. The molecule has 0 spiro atoms. The maximum absolute atomic E-state index is 4.80. The summed E-state index contributed by atoms with van der Waals surface area (Å²) in [5, 5.41) is 0. The lowest BCUT2D eigenvalue weighted by Crippen LogP contribution is -2.37. The largest absolute Gasteiger partial charge is 0.0995 e. The lowest BCUT2D eigenvalue weighted by atomic mass is 9.60. The fourth-order valence-corrected chi connectivity index (χ4v) is 7.86. The van der Waals surface area contributed by atoms with Crippen LogP contribution in [0.1, 0.15) is 85.5 Å². The normalized spacial score (nSPS) is 40.1. The van der Waals surface area contributed by atoms with Crippen LogP contribution in [0.25, 0.3) is 0 Å². The molecule has 0 heterocycles. The summed E-state index contributed by atoms with van der Waals surface area (Å²) in [5.74, 6) is 5.96. The Morgan fingerprint density at radius 2 is 1.83 bits per heavy atom. The van der Waals surface area contributed by atoms with Crippen LogP contribution in [0.4, 0.5) is 0 Å². The predicted octanol–water partition coefficient (Wildman–Crippen LogP) is 8.53. The van der Waals surface area contributed by atoms with Crippen LogP contribution in [0, 0.1) is 47.3 Å². The predicted molar refractivity (Wildman–Crippen MR) is 127 cm³/mol. The van der Waals surface area contributed by atoms with Crippen molar-refractivity contribution >= 4 is 0 Å². The maximum Gasteiger partial charge on any atom is 0.00443 e. The highest BCUT2D eigenvalue weighted by atomic mass is 14.5. The van der Waals surface area contributed by atoms with Crippen molar-refractivity contribution in [1.82, 2.24) is 0 Å². The van der Waals surface area contributed by atoms with Gasteiger partial charge in [0.15, 0.2) is 0 Å². The van der Waals surface area contributed by atoms with Crippen LogP contribution in [0.15, 0.2) is 47.6 Å². The molecule has 0 aromatic heterocycles. The van der Waals surface area contributed by atoms with Gasteiger partial charge in [0.2, 0.25) is 0 Å². The second-order valence-electron chi connectivity index (χ2n) is 11.2. The Kier molecular flexibility index (Phi) is 6.29. The number of fused-ring (bicyclic) bond motifs is 1. The van der Waals surface area contributed by atoms with Crippen molar-refractivity contribution < 1.29 is 0 Å². The second-order valence-corrected chi connectivity index (χ2v) is 11.2. The molecule has 160 valence electrons. The van der Waals surface area contributed by atoms with Gasteiger partial charge >= 0.3 is 0 Å². The van der Waals surface area contributed by atoms with E-state index in [1.807, 2.05) is 0 Å². The first kappa shape index (κ1) is 21.2. The van der Waals surface area contributed by atoms with E-state index in [1.54, 1.807) is 16.7 Å². The lowest BCUT2D eigenvalue weighted by Gasteiger charge is -2.44. The molecular weight excluding hydrogens is 348 g/mol. The highest BCUT2D eigenvalue weighted by Crippen LogP contribution is 2.58. The average Bonchev–Trinajstić information content (AvgIpc) is 3.36. The minimum absolute atomic E-state index is 0.652. The van der Waals surface area contributed by atoms with Crippen LogP contribution in [0.5, 0.6) is 0 Å². The molecule has 7 unspecified atom stereocenters. The Balaban J connectivity index is 1.60. The Hall–Kier alpha value is -1.04. The van der Waals surface area contributed by atoms with E-state index in [1.165, 1.54) is 63.4 Å². The molecule has 0 bridgehead atoms. The van der Waals surface area contributed by atoms with Gasteiger partial charge in [-0.2, -0.15) is 0 Å². The molecule has 0 nitrogen and oxygen atoms in total. The fraction of sp³-hybridized carbons (Fsp3) is 0.724. The van der Waals surface area contributed by atoms with E-state index in [9.17, 15) is 0 Å². The molecule has 4 rings (SSSR count). The summed E-state index contributed by atoms with van der Waals surface area (Å²) in [4.78, 5) is 0. The third kappa shape index (κ3) is 3.98. The van der Waals surface area contributed by atoms with Crippen LogP contribution in [-0.4, -0.2) is 0 Å². The van der Waals surface area contributed by atoms with E-state index >= 15 is 0 Å². The van der Waals surface area contributed by atoms with Gasteiger partial charge in [0.25, 0.3) is 0 Å². The second kappa shape index (κ2) is 8.60. The van der Waals surface area contributed by atoms with Gasteiger partial charge in [-0.25, -0.2) is 0 Å². The van der Waals surface area contributed by atoms with E-state index in [4.69, 9.17) is 6.58 Å². The molecule has 4 aliphatic rings. The van der Waals surface area contributed by atoms with Gasteiger partial charge in [-0.05, 0) is 74.0 Å². The minimum Gasteiger partial charge on any atom is -0.0995 e. The molecule has 29 heavy (non-hydrogen) atoms. The highest BCUT2D eigenvalue weighted by Gasteiger charge is 2.49. The van der Waals surface area contributed by atoms with E-state index in [2.05, 4.69) is 46.4 Å². The number of hydrogen-bond donors (Lipinski definition) is 0. The molecule has 4 aliphatic carbocycles. The Bertz CT molecular complexity index is 698.